The average molecular weight is 457 g/mol. The predicted molar refractivity (Wildman–Crippen MR) is 139 cm³/mol. The highest BCUT2D eigenvalue weighted by atomic mass is 16.5. The molecular weight excluding hydrogens is 424 g/mol. The van der Waals surface area contributed by atoms with Gasteiger partial charge in [0.1, 0.15) is 23.9 Å². The molecule has 0 spiro atoms. The lowest BCUT2D eigenvalue weighted by atomic mass is 9.90. The fourth-order valence-corrected chi connectivity index (χ4v) is 4.39. The number of ether oxygens (including phenoxy) is 2. The van der Waals surface area contributed by atoms with Gasteiger partial charge in [0.15, 0.2) is 0 Å². The van der Waals surface area contributed by atoms with Crippen LogP contribution in [-0.4, -0.2) is 31.7 Å². The van der Waals surface area contributed by atoms with Gasteiger partial charge in [-0.25, -0.2) is 0 Å². The van der Waals surface area contributed by atoms with Gasteiger partial charge in [-0.05, 0) is 47.7 Å². The zero-order valence-corrected chi connectivity index (χ0v) is 20.3. The lowest BCUT2D eigenvalue weighted by Gasteiger charge is -2.32. The van der Waals surface area contributed by atoms with Crippen molar-refractivity contribution in [3.63, 3.8) is 0 Å². The first-order valence-corrected chi connectivity index (χ1v) is 11.5. The van der Waals surface area contributed by atoms with Crippen molar-refractivity contribution in [2.75, 3.05) is 25.8 Å². The summed E-state index contributed by atoms with van der Waals surface area (Å²) in [6.07, 6.45) is 2.37. The second kappa shape index (κ2) is 10.0. The number of aromatic hydroxyl groups is 1. The minimum atomic E-state index is 0.259. The van der Waals surface area contributed by atoms with Crippen molar-refractivity contribution >= 4 is 11.4 Å². The van der Waals surface area contributed by atoms with Gasteiger partial charge in [0, 0.05) is 35.0 Å². The fraction of sp³-hybridized carbons (Fsp3) is 0.276. The minimum absolute atomic E-state index is 0.259. The van der Waals surface area contributed by atoms with Crippen LogP contribution in [0, 0.1) is 0 Å². The van der Waals surface area contributed by atoms with Crippen LogP contribution in [0.25, 0.3) is 0 Å². The van der Waals surface area contributed by atoms with Crippen LogP contribution in [0.1, 0.15) is 47.6 Å². The highest BCUT2D eigenvalue weighted by molar-refractivity contribution is 6.18. The summed E-state index contributed by atoms with van der Waals surface area (Å²) in [5.74, 6) is 2.22. The van der Waals surface area contributed by atoms with Gasteiger partial charge in [-0.15, -0.1) is 6.58 Å². The molecular formula is C29H32N2O3. The number of nitrogens with zero attached hydrogens (tertiary/aromatic N) is 2. The molecule has 1 heterocycles. The molecule has 0 radical (unpaired) electrons. The van der Waals surface area contributed by atoms with Gasteiger partial charge in [0.05, 0.1) is 19.9 Å². The van der Waals surface area contributed by atoms with Crippen molar-refractivity contribution in [2.24, 2.45) is 4.99 Å². The lowest BCUT2D eigenvalue weighted by molar-refractivity contribution is 0.393. The van der Waals surface area contributed by atoms with E-state index < -0.39 is 0 Å². The van der Waals surface area contributed by atoms with Crippen LogP contribution in [0.5, 0.6) is 17.2 Å². The van der Waals surface area contributed by atoms with Crippen LogP contribution in [0.2, 0.25) is 0 Å². The molecule has 4 rings (SSSR count). The van der Waals surface area contributed by atoms with E-state index >= 15 is 0 Å². The zero-order chi connectivity index (χ0) is 24.2. The van der Waals surface area contributed by atoms with Crippen LogP contribution >= 0.6 is 0 Å². The number of rotatable bonds is 8. The molecule has 0 saturated carbocycles. The van der Waals surface area contributed by atoms with Gasteiger partial charge >= 0.3 is 0 Å². The van der Waals surface area contributed by atoms with Crippen LogP contribution < -0.4 is 14.4 Å². The molecule has 0 aromatic heterocycles. The van der Waals surface area contributed by atoms with Gasteiger partial charge in [0.25, 0.3) is 0 Å². The molecule has 176 valence electrons. The van der Waals surface area contributed by atoms with Crippen LogP contribution in [-0.2, 0) is 13.0 Å². The smallest absolute Gasteiger partial charge is 0.122 e. The second-order valence-electron chi connectivity index (χ2n) is 8.79. The Balaban J connectivity index is 1.79. The fourth-order valence-electron chi connectivity index (χ4n) is 4.39. The van der Waals surface area contributed by atoms with E-state index in [1.807, 2.05) is 30.3 Å². The number of allylic oxidation sites excluding steroid dienone is 1. The standard InChI is InChI=1S/C29H32N2O3/c1-6-7-25-27(32)13-12-26-28(25)29(22-10-8-21(9-11-22)19(2)3)30-18-31(26)17-20-14-23(33-4)16-24(15-20)34-5/h6,8-16,19,32H,1,7,17-18H2,2-5H3. The third kappa shape index (κ3) is 4.65. The molecule has 5 heteroatoms. The molecule has 5 nitrogen and oxygen atoms in total. The van der Waals surface area contributed by atoms with E-state index in [4.69, 9.17) is 14.5 Å². The van der Waals surface area contributed by atoms with Crippen molar-refractivity contribution in [1.29, 1.82) is 0 Å². The predicted octanol–water partition coefficient (Wildman–Crippen LogP) is 6.08. The monoisotopic (exact) mass is 456 g/mol. The Morgan fingerprint density at radius 1 is 1.03 bits per heavy atom. The number of hydrogen-bond acceptors (Lipinski definition) is 5. The van der Waals surface area contributed by atoms with Crippen molar-refractivity contribution in [3.8, 4) is 17.2 Å². The summed E-state index contributed by atoms with van der Waals surface area (Å²) in [4.78, 5) is 7.21. The van der Waals surface area contributed by atoms with E-state index in [0.29, 0.717) is 25.6 Å². The molecule has 1 N–H and O–H groups in total. The van der Waals surface area contributed by atoms with Gasteiger partial charge < -0.3 is 19.5 Å². The van der Waals surface area contributed by atoms with E-state index in [2.05, 4.69) is 49.6 Å². The quantitative estimate of drug-likeness (QED) is 0.418. The van der Waals surface area contributed by atoms with Crippen molar-refractivity contribution in [1.82, 2.24) is 0 Å². The topological polar surface area (TPSA) is 54.3 Å². The third-order valence-corrected chi connectivity index (χ3v) is 6.23. The molecule has 1 aliphatic rings. The first kappa shape index (κ1) is 23.4. The maximum absolute atomic E-state index is 10.7. The first-order valence-electron chi connectivity index (χ1n) is 11.5. The van der Waals surface area contributed by atoms with Crippen LogP contribution in [0.3, 0.4) is 0 Å². The summed E-state index contributed by atoms with van der Waals surface area (Å²) >= 11 is 0. The number of hydrogen-bond donors (Lipinski definition) is 1. The van der Waals surface area contributed by atoms with E-state index in [1.165, 1.54) is 5.56 Å². The Kier molecular flexibility index (Phi) is 6.92. The number of phenols is 1. The van der Waals surface area contributed by atoms with E-state index in [1.54, 1.807) is 20.3 Å². The van der Waals surface area contributed by atoms with E-state index in [0.717, 1.165) is 45.2 Å². The lowest BCUT2D eigenvalue weighted by Crippen LogP contribution is -2.30. The molecule has 3 aromatic carbocycles. The molecule has 0 aliphatic carbocycles. The van der Waals surface area contributed by atoms with E-state index in [-0.39, 0.29) is 5.75 Å². The summed E-state index contributed by atoms with van der Waals surface area (Å²) in [5, 5.41) is 10.7. The molecule has 0 amide bonds. The van der Waals surface area contributed by atoms with Crippen molar-refractivity contribution < 1.29 is 14.6 Å². The number of aliphatic imine (C=N–C) groups is 1. The SMILES string of the molecule is C=CCc1c(O)ccc2c1C(c1ccc(C(C)C)cc1)=NCN2Cc1cc(OC)cc(OC)c1. The summed E-state index contributed by atoms with van der Waals surface area (Å²) in [7, 11) is 3.31. The zero-order valence-electron chi connectivity index (χ0n) is 20.3. The Hall–Kier alpha value is -3.73. The second-order valence-corrected chi connectivity index (χ2v) is 8.79. The molecule has 0 saturated heterocycles. The number of phenolic OH excluding ortho intramolecular Hbond substituents is 1. The van der Waals surface area contributed by atoms with Gasteiger partial charge in [-0.2, -0.15) is 0 Å². The van der Waals surface area contributed by atoms with Crippen molar-refractivity contribution in [3.05, 3.63) is 95.1 Å². The highest BCUT2D eigenvalue weighted by Gasteiger charge is 2.26. The number of anilines is 1. The molecule has 0 atom stereocenters. The van der Waals surface area contributed by atoms with Gasteiger partial charge in [0.2, 0.25) is 0 Å². The molecule has 34 heavy (non-hydrogen) atoms. The Bertz CT molecular complexity index is 1190. The highest BCUT2D eigenvalue weighted by Crippen LogP contribution is 2.37. The maximum atomic E-state index is 10.7. The summed E-state index contributed by atoms with van der Waals surface area (Å²) in [6.45, 7) is 9.42. The summed E-state index contributed by atoms with van der Waals surface area (Å²) in [5.41, 5.74) is 7.12. The number of benzene rings is 3. The Morgan fingerprint density at radius 3 is 2.29 bits per heavy atom. The van der Waals surface area contributed by atoms with Gasteiger partial charge in [-0.3, -0.25) is 4.99 Å². The van der Waals surface area contributed by atoms with Crippen LogP contribution in [0.15, 0.2) is 72.2 Å². The molecule has 0 unspecified atom stereocenters. The number of methoxy groups -OCH3 is 2. The number of fused-ring (bicyclic) bond motifs is 1. The first-order chi connectivity index (χ1) is 16.4. The molecule has 0 bridgehead atoms. The normalized spacial score (nSPS) is 12.9. The summed E-state index contributed by atoms with van der Waals surface area (Å²) < 4.78 is 10.9. The van der Waals surface area contributed by atoms with Crippen molar-refractivity contribution in [2.45, 2.75) is 32.7 Å². The minimum Gasteiger partial charge on any atom is -0.508 e. The molecule has 3 aromatic rings. The molecule has 1 aliphatic heterocycles. The van der Waals surface area contributed by atoms with Gasteiger partial charge in [-0.1, -0.05) is 44.2 Å². The summed E-state index contributed by atoms with van der Waals surface area (Å²) in [6, 6.07) is 18.2. The maximum Gasteiger partial charge on any atom is 0.122 e. The van der Waals surface area contributed by atoms with Crippen LogP contribution in [0.4, 0.5) is 5.69 Å². The Morgan fingerprint density at radius 2 is 1.71 bits per heavy atom. The third-order valence-electron chi connectivity index (χ3n) is 6.23. The molecule has 0 fully saturated rings. The average Bonchev–Trinajstić information content (AvgIpc) is 2.85. The van der Waals surface area contributed by atoms with E-state index in [9.17, 15) is 5.11 Å². The largest absolute Gasteiger partial charge is 0.508 e. The Labute approximate surface area is 202 Å².